The number of hydrogen-bond donors (Lipinski definition) is 1. The van der Waals surface area contributed by atoms with Crippen molar-refractivity contribution in [2.24, 2.45) is 0 Å². The van der Waals surface area contributed by atoms with Gasteiger partial charge in [0.2, 0.25) is 0 Å². The summed E-state index contributed by atoms with van der Waals surface area (Å²) in [6.45, 7) is 2.01. The standard InChI is InChI=1S/C14H11Br2NO/c1-9-2-5-11(6-3-9)17-14(18)12-7-4-10(15)8-13(12)16/h2-8H,1H3,(H,17,18). The summed E-state index contributed by atoms with van der Waals surface area (Å²) in [4.78, 5) is 12.1. The van der Waals surface area contributed by atoms with Crippen LogP contribution in [0.4, 0.5) is 5.69 Å². The Hall–Kier alpha value is -1.13. The predicted molar refractivity (Wildman–Crippen MR) is 81.0 cm³/mol. The number of rotatable bonds is 2. The molecule has 0 spiro atoms. The van der Waals surface area contributed by atoms with Crippen molar-refractivity contribution in [2.75, 3.05) is 5.32 Å². The van der Waals surface area contributed by atoms with Crippen LogP contribution in [0.3, 0.4) is 0 Å². The molecule has 2 aromatic rings. The third-order valence-electron chi connectivity index (χ3n) is 2.49. The number of nitrogens with one attached hydrogen (secondary N) is 1. The van der Waals surface area contributed by atoms with Crippen molar-refractivity contribution >= 4 is 43.5 Å². The van der Waals surface area contributed by atoms with Crippen LogP contribution in [0.15, 0.2) is 51.4 Å². The average Bonchev–Trinajstić information content (AvgIpc) is 2.32. The number of benzene rings is 2. The molecular formula is C14H11Br2NO. The minimum Gasteiger partial charge on any atom is -0.322 e. The summed E-state index contributed by atoms with van der Waals surface area (Å²) in [7, 11) is 0. The highest BCUT2D eigenvalue weighted by atomic mass is 79.9. The van der Waals surface area contributed by atoms with Gasteiger partial charge in [0.15, 0.2) is 0 Å². The number of carbonyl (C=O) groups excluding carboxylic acids is 1. The van der Waals surface area contributed by atoms with Crippen LogP contribution < -0.4 is 5.32 Å². The first-order chi connectivity index (χ1) is 8.56. The van der Waals surface area contributed by atoms with Gasteiger partial charge in [-0.3, -0.25) is 4.79 Å². The first-order valence-electron chi connectivity index (χ1n) is 5.39. The topological polar surface area (TPSA) is 29.1 Å². The Bertz CT molecular complexity index is 579. The molecule has 4 heteroatoms. The van der Waals surface area contributed by atoms with Crippen molar-refractivity contribution in [3.05, 3.63) is 62.5 Å². The van der Waals surface area contributed by atoms with Crippen molar-refractivity contribution in [2.45, 2.75) is 6.92 Å². The lowest BCUT2D eigenvalue weighted by atomic mass is 10.2. The number of anilines is 1. The lowest BCUT2D eigenvalue weighted by molar-refractivity contribution is 0.102. The van der Waals surface area contributed by atoms with Gasteiger partial charge in [0.1, 0.15) is 0 Å². The van der Waals surface area contributed by atoms with Gasteiger partial charge in [0.25, 0.3) is 5.91 Å². The van der Waals surface area contributed by atoms with E-state index >= 15 is 0 Å². The van der Waals surface area contributed by atoms with E-state index in [0.29, 0.717) is 5.56 Å². The molecule has 0 aliphatic rings. The van der Waals surface area contributed by atoms with E-state index in [1.54, 1.807) is 6.07 Å². The number of hydrogen-bond acceptors (Lipinski definition) is 1. The SMILES string of the molecule is Cc1ccc(NC(=O)c2ccc(Br)cc2Br)cc1. The van der Waals surface area contributed by atoms with Crippen molar-refractivity contribution in [3.63, 3.8) is 0 Å². The number of carbonyl (C=O) groups is 1. The van der Waals surface area contributed by atoms with Crippen LogP contribution in [0, 0.1) is 6.92 Å². The highest BCUT2D eigenvalue weighted by Gasteiger charge is 2.10. The second-order valence-electron chi connectivity index (χ2n) is 3.94. The van der Waals surface area contributed by atoms with Gasteiger partial charge in [-0.05, 0) is 53.2 Å². The zero-order valence-corrected chi connectivity index (χ0v) is 12.9. The number of halogens is 2. The Morgan fingerprint density at radius 2 is 1.72 bits per heavy atom. The van der Waals surface area contributed by atoms with E-state index in [1.165, 1.54) is 0 Å². The molecular weight excluding hydrogens is 358 g/mol. The van der Waals surface area contributed by atoms with Crippen LogP contribution >= 0.6 is 31.9 Å². The third kappa shape index (κ3) is 3.21. The van der Waals surface area contributed by atoms with Crippen LogP contribution in [-0.2, 0) is 0 Å². The fourth-order valence-electron chi connectivity index (χ4n) is 1.51. The Kier molecular flexibility index (Phi) is 4.19. The van der Waals surface area contributed by atoms with Gasteiger partial charge in [0.05, 0.1) is 5.56 Å². The zero-order chi connectivity index (χ0) is 13.1. The average molecular weight is 369 g/mol. The van der Waals surface area contributed by atoms with Crippen LogP contribution in [0.5, 0.6) is 0 Å². The Labute approximate surface area is 123 Å². The van der Waals surface area contributed by atoms with E-state index in [4.69, 9.17) is 0 Å². The highest BCUT2D eigenvalue weighted by Crippen LogP contribution is 2.23. The molecule has 0 heterocycles. The maximum absolute atomic E-state index is 12.1. The molecule has 0 saturated carbocycles. The van der Waals surface area contributed by atoms with Crippen molar-refractivity contribution in [1.29, 1.82) is 0 Å². The number of amides is 1. The Balaban J connectivity index is 2.19. The van der Waals surface area contributed by atoms with E-state index in [2.05, 4.69) is 37.2 Å². The van der Waals surface area contributed by atoms with Gasteiger partial charge in [-0.2, -0.15) is 0 Å². The normalized spacial score (nSPS) is 10.2. The quantitative estimate of drug-likeness (QED) is 0.812. The molecule has 0 radical (unpaired) electrons. The lowest BCUT2D eigenvalue weighted by Gasteiger charge is -2.07. The first kappa shape index (κ1) is 13.3. The van der Waals surface area contributed by atoms with Crippen LogP contribution in [0.2, 0.25) is 0 Å². The van der Waals surface area contributed by atoms with Crippen molar-refractivity contribution < 1.29 is 4.79 Å². The molecule has 0 aliphatic carbocycles. The summed E-state index contributed by atoms with van der Waals surface area (Å²) in [5, 5.41) is 2.86. The molecule has 0 aromatic heterocycles. The van der Waals surface area contributed by atoms with Crippen molar-refractivity contribution in [3.8, 4) is 0 Å². The molecule has 2 nitrogen and oxygen atoms in total. The lowest BCUT2D eigenvalue weighted by Crippen LogP contribution is -2.12. The zero-order valence-electron chi connectivity index (χ0n) is 9.71. The van der Waals surface area contributed by atoms with Crippen molar-refractivity contribution in [1.82, 2.24) is 0 Å². The van der Waals surface area contributed by atoms with E-state index in [0.717, 1.165) is 20.2 Å². The van der Waals surface area contributed by atoms with E-state index in [-0.39, 0.29) is 5.91 Å². The molecule has 18 heavy (non-hydrogen) atoms. The molecule has 1 amide bonds. The van der Waals surface area contributed by atoms with Crippen LogP contribution in [0.1, 0.15) is 15.9 Å². The molecule has 0 atom stereocenters. The first-order valence-corrected chi connectivity index (χ1v) is 6.98. The van der Waals surface area contributed by atoms with E-state index in [1.807, 2.05) is 43.3 Å². The van der Waals surface area contributed by atoms with Crippen LogP contribution in [0.25, 0.3) is 0 Å². The summed E-state index contributed by atoms with van der Waals surface area (Å²) < 4.78 is 1.70. The molecule has 2 aromatic carbocycles. The summed E-state index contributed by atoms with van der Waals surface area (Å²) in [5.41, 5.74) is 2.57. The second kappa shape index (κ2) is 5.67. The van der Waals surface area contributed by atoms with Gasteiger partial charge < -0.3 is 5.32 Å². The Morgan fingerprint density at radius 1 is 1.06 bits per heavy atom. The molecule has 0 fully saturated rings. The highest BCUT2D eigenvalue weighted by molar-refractivity contribution is 9.11. The summed E-state index contributed by atoms with van der Waals surface area (Å²) in [5.74, 6) is -0.127. The minimum absolute atomic E-state index is 0.127. The summed E-state index contributed by atoms with van der Waals surface area (Å²) >= 11 is 6.74. The summed E-state index contributed by atoms with van der Waals surface area (Å²) in [6, 6.07) is 13.2. The van der Waals surface area contributed by atoms with Gasteiger partial charge >= 0.3 is 0 Å². The van der Waals surface area contributed by atoms with Gasteiger partial charge in [-0.1, -0.05) is 33.6 Å². The monoisotopic (exact) mass is 367 g/mol. The number of aryl methyl sites for hydroxylation is 1. The Morgan fingerprint density at radius 3 is 2.33 bits per heavy atom. The van der Waals surface area contributed by atoms with E-state index in [9.17, 15) is 4.79 Å². The molecule has 0 bridgehead atoms. The molecule has 2 rings (SSSR count). The van der Waals surface area contributed by atoms with Gasteiger partial charge in [-0.15, -0.1) is 0 Å². The third-order valence-corrected chi connectivity index (χ3v) is 3.63. The fraction of sp³-hybridized carbons (Fsp3) is 0.0714. The molecule has 0 aliphatic heterocycles. The minimum atomic E-state index is -0.127. The predicted octanol–water partition coefficient (Wildman–Crippen LogP) is 4.77. The van der Waals surface area contributed by atoms with Gasteiger partial charge in [0, 0.05) is 14.6 Å². The molecule has 0 saturated heterocycles. The molecule has 1 N–H and O–H groups in total. The maximum Gasteiger partial charge on any atom is 0.256 e. The molecule has 92 valence electrons. The van der Waals surface area contributed by atoms with Gasteiger partial charge in [-0.25, -0.2) is 0 Å². The largest absolute Gasteiger partial charge is 0.322 e. The van der Waals surface area contributed by atoms with E-state index < -0.39 is 0 Å². The van der Waals surface area contributed by atoms with Crippen LogP contribution in [-0.4, -0.2) is 5.91 Å². The molecule has 0 unspecified atom stereocenters. The smallest absolute Gasteiger partial charge is 0.256 e. The fourth-order valence-corrected chi connectivity index (χ4v) is 2.74. The maximum atomic E-state index is 12.1. The summed E-state index contributed by atoms with van der Waals surface area (Å²) in [6.07, 6.45) is 0. The second-order valence-corrected chi connectivity index (χ2v) is 5.71.